The van der Waals surface area contributed by atoms with Gasteiger partial charge < -0.3 is 9.47 Å². The average molecular weight is 408 g/mol. The Balaban J connectivity index is 1.88. The molecule has 0 spiro atoms. The van der Waals surface area contributed by atoms with Crippen LogP contribution in [0.1, 0.15) is 19.8 Å². The van der Waals surface area contributed by atoms with Crippen LogP contribution in [0, 0.1) is 35.0 Å². The Morgan fingerprint density at radius 1 is 0.929 bits per heavy atom. The normalized spacial score (nSPS) is 20.3. The first-order chi connectivity index (χ1) is 13.1. The molecule has 0 radical (unpaired) electrons. The van der Waals surface area contributed by atoms with E-state index in [2.05, 4.69) is 4.74 Å². The minimum Gasteiger partial charge on any atom is -0.427 e. The lowest BCUT2D eigenvalue weighted by Crippen LogP contribution is -2.44. The molecule has 2 aromatic rings. The van der Waals surface area contributed by atoms with Crippen molar-refractivity contribution in [3.8, 4) is 16.9 Å². The molecule has 1 aliphatic heterocycles. The van der Waals surface area contributed by atoms with Gasteiger partial charge in [-0.2, -0.15) is 13.2 Å². The fraction of sp³-hybridized carbons (Fsp3) is 0.368. The molecule has 1 fully saturated rings. The number of hydrogen-bond donors (Lipinski definition) is 0. The van der Waals surface area contributed by atoms with Crippen molar-refractivity contribution >= 4 is 0 Å². The van der Waals surface area contributed by atoms with Crippen LogP contribution in [0.3, 0.4) is 0 Å². The summed E-state index contributed by atoms with van der Waals surface area (Å²) in [6, 6.07) is 2.43. The second-order valence-corrected chi connectivity index (χ2v) is 6.66. The minimum atomic E-state index is -3.91. The van der Waals surface area contributed by atoms with E-state index >= 15 is 0 Å². The molecule has 0 N–H and O–H groups in total. The van der Waals surface area contributed by atoms with Crippen LogP contribution in [-0.2, 0) is 4.74 Å². The predicted molar refractivity (Wildman–Crippen MR) is 85.4 cm³/mol. The molecule has 0 aromatic heterocycles. The van der Waals surface area contributed by atoms with Crippen LogP contribution in [0.5, 0.6) is 5.75 Å². The Hall–Kier alpha value is -2.29. The summed E-state index contributed by atoms with van der Waals surface area (Å²) in [5.41, 5.74) is -1.15. The summed E-state index contributed by atoms with van der Waals surface area (Å²) < 4.78 is 106. The summed E-state index contributed by atoms with van der Waals surface area (Å²) in [5.74, 6) is -9.42. The Morgan fingerprint density at radius 3 is 2.14 bits per heavy atom. The van der Waals surface area contributed by atoms with Crippen molar-refractivity contribution < 1.29 is 40.2 Å². The summed E-state index contributed by atoms with van der Waals surface area (Å²) in [6.45, 7) is 1.91. The third-order valence-corrected chi connectivity index (χ3v) is 4.47. The van der Waals surface area contributed by atoms with Gasteiger partial charge in [-0.15, -0.1) is 0 Å². The maximum atomic E-state index is 14.3. The third-order valence-electron chi connectivity index (χ3n) is 4.47. The number of ether oxygens (including phenoxy) is 2. The van der Waals surface area contributed by atoms with Gasteiger partial charge in [0, 0.05) is 5.56 Å². The van der Waals surface area contributed by atoms with E-state index in [0.29, 0.717) is 24.6 Å². The first-order valence-corrected chi connectivity index (χ1v) is 8.41. The van der Waals surface area contributed by atoms with Crippen LogP contribution in [0.2, 0.25) is 0 Å². The van der Waals surface area contributed by atoms with Gasteiger partial charge in [-0.05, 0) is 48.6 Å². The standard InChI is InChI=1S/C19H15F7O2/c1-9-2-5-15(27-8-9)19(25,26)28-14-4-3-11(16(22)18(14)24)10-6-12(20)17(23)13(21)7-10/h3-4,6-7,9,15H,2,5,8H2,1H3. The highest BCUT2D eigenvalue weighted by atomic mass is 19.3. The third kappa shape index (κ3) is 3.94. The van der Waals surface area contributed by atoms with Crippen molar-refractivity contribution in [1.29, 1.82) is 0 Å². The molecule has 0 aliphatic carbocycles. The second kappa shape index (κ2) is 7.62. The van der Waals surface area contributed by atoms with E-state index in [0.717, 1.165) is 6.07 Å². The fourth-order valence-electron chi connectivity index (χ4n) is 2.90. The predicted octanol–water partition coefficient (Wildman–Crippen LogP) is 5.84. The average Bonchev–Trinajstić information content (AvgIpc) is 2.63. The molecule has 3 rings (SSSR count). The lowest BCUT2D eigenvalue weighted by molar-refractivity contribution is -0.265. The Kier molecular flexibility index (Phi) is 5.56. The molecule has 2 nitrogen and oxygen atoms in total. The first kappa shape index (κ1) is 20.4. The minimum absolute atomic E-state index is 0.0233. The molecule has 1 aliphatic rings. The molecule has 0 bridgehead atoms. The van der Waals surface area contributed by atoms with Crippen LogP contribution in [0.25, 0.3) is 11.1 Å². The van der Waals surface area contributed by atoms with E-state index in [4.69, 9.17) is 4.74 Å². The zero-order valence-corrected chi connectivity index (χ0v) is 14.5. The number of rotatable bonds is 4. The van der Waals surface area contributed by atoms with Crippen molar-refractivity contribution in [2.24, 2.45) is 5.92 Å². The van der Waals surface area contributed by atoms with Crippen LogP contribution < -0.4 is 4.74 Å². The summed E-state index contributed by atoms with van der Waals surface area (Å²) in [6.07, 6.45) is -5.10. The second-order valence-electron chi connectivity index (χ2n) is 6.66. The summed E-state index contributed by atoms with van der Waals surface area (Å²) in [4.78, 5) is 0. The zero-order valence-electron chi connectivity index (χ0n) is 14.5. The van der Waals surface area contributed by atoms with Crippen molar-refractivity contribution in [3.63, 3.8) is 0 Å². The Bertz CT molecular complexity index is 854. The van der Waals surface area contributed by atoms with E-state index < -0.39 is 58.2 Å². The lowest BCUT2D eigenvalue weighted by atomic mass is 10.00. The van der Waals surface area contributed by atoms with E-state index in [1.165, 1.54) is 0 Å². The number of alkyl halides is 2. The largest absolute Gasteiger partial charge is 0.427 e. The van der Waals surface area contributed by atoms with Crippen molar-refractivity contribution in [3.05, 3.63) is 53.4 Å². The highest BCUT2D eigenvalue weighted by Crippen LogP contribution is 2.36. The van der Waals surface area contributed by atoms with E-state index in [-0.39, 0.29) is 18.9 Å². The molecule has 1 heterocycles. The van der Waals surface area contributed by atoms with Gasteiger partial charge in [0.15, 0.2) is 35.1 Å². The van der Waals surface area contributed by atoms with Gasteiger partial charge in [0.2, 0.25) is 5.82 Å². The molecule has 1 saturated heterocycles. The molecular weight excluding hydrogens is 393 g/mol. The number of halogens is 7. The molecule has 152 valence electrons. The summed E-state index contributed by atoms with van der Waals surface area (Å²) in [7, 11) is 0. The van der Waals surface area contributed by atoms with E-state index in [9.17, 15) is 30.7 Å². The van der Waals surface area contributed by atoms with Crippen molar-refractivity contribution in [2.45, 2.75) is 32.0 Å². The molecule has 2 atom stereocenters. The van der Waals surface area contributed by atoms with Crippen LogP contribution in [0.4, 0.5) is 30.7 Å². The Labute approximate surface area is 155 Å². The smallest absolute Gasteiger partial charge is 0.424 e. The molecule has 2 unspecified atom stereocenters. The molecule has 28 heavy (non-hydrogen) atoms. The van der Waals surface area contributed by atoms with Crippen LogP contribution >= 0.6 is 0 Å². The maximum absolute atomic E-state index is 14.3. The molecule has 0 saturated carbocycles. The van der Waals surface area contributed by atoms with Gasteiger partial charge >= 0.3 is 6.11 Å². The Morgan fingerprint density at radius 2 is 1.57 bits per heavy atom. The zero-order chi connectivity index (χ0) is 20.6. The summed E-state index contributed by atoms with van der Waals surface area (Å²) in [5, 5.41) is 0. The van der Waals surface area contributed by atoms with E-state index in [1.54, 1.807) is 0 Å². The lowest BCUT2D eigenvalue weighted by Gasteiger charge is -2.32. The maximum Gasteiger partial charge on any atom is 0.424 e. The number of hydrogen-bond acceptors (Lipinski definition) is 2. The topological polar surface area (TPSA) is 18.5 Å². The quantitative estimate of drug-likeness (QED) is 0.468. The van der Waals surface area contributed by atoms with Crippen molar-refractivity contribution in [2.75, 3.05) is 6.61 Å². The SMILES string of the molecule is CC1CCC(C(F)(F)Oc2ccc(-c3cc(F)c(F)c(F)c3)c(F)c2F)OC1. The van der Waals surface area contributed by atoms with Crippen LogP contribution in [0.15, 0.2) is 24.3 Å². The highest BCUT2D eigenvalue weighted by molar-refractivity contribution is 5.65. The number of benzene rings is 2. The molecule has 2 aromatic carbocycles. The van der Waals surface area contributed by atoms with Crippen LogP contribution in [-0.4, -0.2) is 18.8 Å². The highest BCUT2D eigenvalue weighted by Gasteiger charge is 2.45. The summed E-state index contributed by atoms with van der Waals surface area (Å²) >= 11 is 0. The molecule has 9 heteroatoms. The van der Waals surface area contributed by atoms with Gasteiger partial charge in [-0.25, -0.2) is 17.6 Å². The van der Waals surface area contributed by atoms with E-state index in [1.807, 2.05) is 6.92 Å². The van der Waals surface area contributed by atoms with Gasteiger partial charge in [0.25, 0.3) is 0 Å². The monoisotopic (exact) mass is 408 g/mol. The van der Waals surface area contributed by atoms with Gasteiger partial charge in [0.05, 0.1) is 6.61 Å². The van der Waals surface area contributed by atoms with Gasteiger partial charge in [0.1, 0.15) is 0 Å². The fourth-order valence-corrected chi connectivity index (χ4v) is 2.90. The molecular formula is C19H15F7O2. The molecule has 0 amide bonds. The van der Waals surface area contributed by atoms with Gasteiger partial charge in [-0.3, -0.25) is 0 Å². The first-order valence-electron chi connectivity index (χ1n) is 8.41. The van der Waals surface area contributed by atoms with Crippen molar-refractivity contribution in [1.82, 2.24) is 0 Å². The van der Waals surface area contributed by atoms with Gasteiger partial charge in [-0.1, -0.05) is 6.92 Å².